The number of nitrogens with zero attached hydrogens (tertiary/aromatic N) is 3. The third-order valence-corrected chi connectivity index (χ3v) is 4.46. The first-order valence-electron chi connectivity index (χ1n) is 8.73. The summed E-state index contributed by atoms with van der Waals surface area (Å²) >= 11 is 0. The number of benzene rings is 1. The van der Waals surface area contributed by atoms with Crippen molar-refractivity contribution in [1.82, 2.24) is 9.88 Å². The quantitative estimate of drug-likeness (QED) is 0.624. The zero-order valence-electron chi connectivity index (χ0n) is 16.4. The third kappa shape index (κ3) is 4.81. The molecule has 0 bridgehead atoms. The third-order valence-electron chi connectivity index (χ3n) is 4.46. The second-order valence-electron chi connectivity index (χ2n) is 6.86. The lowest BCUT2D eigenvalue weighted by molar-refractivity contribution is 0.102. The van der Waals surface area contributed by atoms with E-state index in [1.54, 1.807) is 37.3 Å². The van der Waals surface area contributed by atoms with E-state index in [2.05, 4.69) is 15.3 Å². The van der Waals surface area contributed by atoms with Crippen LogP contribution in [-0.2, 0) is 5.54 Å². The van der Waals surface area contributed by atoms with Crippen LogP contribution in [-0.4, -0.2) is 35.8 Å². The first-order chi connectivity index (χ1) is 12.7. The maximum absolute atomic E-state index is 14.6. The highest BCUT2D eigenvalue weighted by Crippen LogP contribution is 2.33. The number of pyridine rings is 1. The van der Waals surface area contributed by atoms with Gasteiger partial charge in [-0.1, -0.05) is 13.0 Å². The average molecular weight is 371 g/mol. The summed E-state index contributed by atoms with van der Waals surface area (Å²) < 4.78 is 14.6. The largest absolute Gasteiger partial charge is 0.370 e. The summed E-state index contributed by atoms with van der Waals surface area (Å²) in [6, 6.07) is 7.89. The molecule has 0 saturated heterocycles. The number of hydrogen-bond donors (Lipinski definition) is 2. The zero-order valence-corrected chi connectivity index (χ0v) is 16.4. The number of carbonyl (C=O) groups excluding carboxylic acids is 1. The Labute approximate surface area is 159 Å². The number of anilines is 1. The summed E-state index contributed by atoms with van der Waals surface area (Å²) in [5, 5.41) is 2.76. The van der Waals surface area contributed by atoms with Crippen LogP contribution in [0.2, 0.25) is 0 Å². The summed E-state index contributed by atoms with van der Waals surface area (Å²) in [5.41, 5.74) is 7.18. The minimum Gasteiger partial charge on any atom is -0.370 e. The molecule has 1 unspecified atom stereocenters. The van der Waals surface area contributed by atoms with Crippen LogP contribution in [0, 0.1) is 12.7 Å². The maximum Gasteiger partial charge on any atom is 0.274 e. The van der Waals surface area contributed by atoms with Gasteiger partial charge in [0.05, 0.1) is 5.54 Å². The fraction of sp³-hybridized carbons (Fsp3) is 0.350. The molecule has 0 aliphatic heterocycles. The molecule has 0 saturated carbocycles. The Kier molecular flexibility index (Phi) is 6.15. The highest BCUT2D eigenvalue weighted by Gasteiger charge is 2.28. The molecule has 0 spiro atoms. The molecule has 1 aromatic heterocycles. The normalized spacial score (nSPS) is 13.8. The van der Waals surface area contributed by atoms with Crippen LogP contribution in [0.25, 0.3) is 0 Å². The molecule has 144 valence electrons. The van der Waals surface area contributed by atoms with Gasteiger partial charge in [-0.3, -0.25) is 9.78 Å². The molecule has 0 aliphatic carbocycles. The molecular formula is C20H26FN5O. The lowest BCUT2D eigenvalue weighted by Crippen LogP contribution is -2.34. The number of nitrogens with two attached hydrogens (primary N) is 1. The maximum atomic E-state index is 14.6. The van der Waals surface area contributed by atoms with Crippen LogP contribution < -0.4 is 11.1 Å². The van der Waals surface area contributed by atoms with Crippen molar-refractivity contribution in [2.75, 3.05) is 19.4 Å². The number of halogens is 1. The molecule has 0 radical (unpaired) electrons. The lowest BCUT2D eigenvalue weighted by Gasteiger charge is -2.27. The molecule has 2 aromatic rings. The molecule has 1 aromatic carbocycles. The van der Waals surface area contributed by atoms with E-state index >= 15 is 0 Å². The van der Waals surface area contributed by atoms with Gasteiger partial charge in [-0.2, -0.15) is 0 Å². The number of amides is 1. The molecular weight excluding hydrogens is 345 g/mol. The van der Waals surface area contributed by atoms with E-state index in [-0.39, 0.29) is 5.91 Å². The second-order valence-corrected chi connectivity index (χ2v) is 6.86. The number of guanidine groups is 1. The van der Waals surface area contributed by atoms with Crippen molar-refractivity contribution in [2.45, 2.75) is 32.7 Å². The number of hydrogen-bond acceptors (Lipinski definition) is 3. The summed E-state index contributed by atoms with van der Waals surface area (Å²) in [7, 11) is 3.55. The SMILES string of the molecule is CCC(C)(N=C(N)N(C)C)c1cc(NC(=O)c2ccc(C)cn2)ccc1F. The van der Waals surface area contributed by atoms with E-state index in [9.17, 15) is 9.18 Å². The van der Waals surface area contributed by atoms with Crippen LogP contribution in [0.15, 0.2) is 41.5 Å². The smallest absolute Gasteiger partial charge is 0.274 e. The highest BCUT2D eigenvalue weighted by molar-refractivity contribution is 6.02. The fourth-order valence-electron chi connectivity index (χ4n) is 2.50. The Bertz CT molecular complexity index is 848. The van der Waals surface area contributed by atoms with E-state index in [4.69, 9.17) is 5.73 Å². The molecule has 0 fully saturated rings. The molecule has 2 rings (SSSR count). The first-order valence-corrected chi connectivity index (χ1v) is 8.73. The van der Waals surface area contributed by atoms with Crippen molar-refractivity contribution in [3.05, 3.63) is 59.2 Å². The zero-order chi connectivity index (χ0) is 20.2. The Morgan fingerprint density at radius 2 is 2.04 bits per heavy atom. The number of nitrogens with one attached hydrogen (secondary N) is 1. The lowest BCUT2D eigenvalue weighted by atomic mass is 9.89. The minimum atomic E-state index is -0.860. The van der Waals surface area contributed by atoms with E-state index in [0.717, 1.165) is 5.56 Å². The molecule has 0 aliphatic rings. The Morgan fingerprint density at radius 1 is 1.33 bits per heavy atom. The van der Waals surface area contributed by atoms with Gasteiger partial charge in [-0.15, -0.1) is 0 Å². The van der Waals surface area contributed by atoms with Crippen LogP contribution in [0.4, 0.5) is 10.1 Å². The van der Waals surface area contributed by atoms with Crippen molar-refractivity contribution in [3.8, 4) is 0 Å². The molecule has 7 heteroatoms. The standard InChI is InChI=1S/C20H26FN5O/c1-6-20(3,25-19(22)26(4)5)15-11-14(8-9-16(15)21)24-18(27)17-10-7-13(2)12-23-17/h7-12H,6H2,1-5H3,(H2,22,25)(H,24,27). The van der Waals surface area contributed by atoms with E-state index < -0.39 is 11.4 Å². The Hall–Kier alpha value is -2.96. The van der Waals surface area contributed by atoms with Crippen molar-refractivity contribution in [2.24, 2.45) is 10.7 Å². The van der Waals surface area contributed by atoms with Gasteiger partial charge >= 0.3 is 0 Å². The topological polar surface area (TPSA) is 83.6 Å². The molecule has 1 heterocycles. The van der Waals surface area contributed by atoms with Crippen LogP contribution >= 0.6 is 0 Å². The number of aromatic nitrogens is 1. The number of aryl methyl sites for hydroxylation is 1. The minimum absolute atomic E-state index is 0.291. The van der Waals surface area contributed by atoms with E-state index in [1.807, 2.05) is 26.8 Å². The van der Waals surface area contributed by atoms with Gasteiger partial charge in [0.1, 0.15) is 11.5 Å². The molecule has 6 nitrogen and oxygen atoms in total. The van der Waals surface area contributed by atoms with Crippen LogP contribution in [0.5, 0.6) is 0 Å². The molecule has 1 amide bonds. The van der Waals surface area contributed by atoms with Gasteiger partial charge in [-0.25, -0.2) is 9.38 Å². The summed E-state index contributed by atoms with van der Waals surface area (Å²) in [5.74, 6) is -0.458. The monoisotopic (exact) mass is 371 g/mol. The van der Waals surface area contributed by atoms with Gasteiger partial charge < -0.3 is 16.0 Å². The number of rotatable bonds is 5. The van der Waals surface area contributed by atoms with Crippen molar-refractivity contribution in [3.63, 3.8) is 0 Å². The predicted octanol–water partition coefficient (Wildman–Crippen LogP) is 3.28. The number of carbonyl (C=O) groups is 1. The average Bonchev–Trinajstić information content (AvgIpc) is 2.63. The summed E-state index contributed by atoms with van der Waals surface area (Å²) in [6.45, 7) is 5.62. The van der Waals surface area contributed by atoms with Gasteiger partial charge in [0.2, 0.25) is 0 Å². The summed E-state index contributed by atoms with van der Waals surface area (Å²) in [6.07, 6.45) is 2.16. The van der Waals surface area contributed by atoms with Gasteiger partial charge in [-0.05, 0) is 50.1 Å². The molecule has 27 heavy (non-hydrogen) atoms. The van der Waals surface area contributed by atoms with Crippen molar-refractivity contribution in [1.29, 1.82) is 0 Å². The Morgan fingerprint density at radius 3 is 2.59 bits per heavy atom. The van der Waals surface area contributed by atoms with Crippen LogP contribution in [0.1, 0.15) is 41.9 Å². The van der Waals surface area contributed by atoms with Gasteiger partial charge in [0.25, 0.3) is 5.91 Å². The van der Waals surface area contributed by atoms with Gasteiger partial charge in [0.15, 0.2) is 5.96 Å². The first kappa shape index (κ1) is 20.4. The fourth-order valence-corrected chi connectivity index (χ4v) is 2.50. The van der Waals surface area contributed by atoms with Gasteiger partial charge in [0, 0.05) is 31.5 Å². The highest BCUT2D eigenvalue weighted by atomic mass is 19.1. The molecule has 1 atom stereocenters. The molecule has 3 N–H and O–H groups in total. The second kappa shape index (κ2) is 8.16. The predicted molar refractivity (Wildman–Crippen MR) is 106 cm³/mol. The van der Waals surface area contributed by atoms with E-state index in [0.29, 0.717) is 29.3 Å². The van der Waals surface area contributed by atoms with Crippen molar-refractivity contribution < 1.29 is 9.18 Å². The van der Waals surface area contributed by atoms with Crippen LogP contribution in [0.3, 0.4) is 0 Å². The number of aliphatic imine (C=N–C) groups is 1. The van der Waals surface area contributed by atoms with E-state index in [1.165, 1.54) is 12.1 Å². The van der Waals surface area contributed by atoms with Crippen molar-refractivity contribution >= 4 is 17.6 Å². The Balaban J connectivity index is 2.36. The summed E-state index contributed by atoms with van der Waals surface area (Å²) in [4.78, 5) is 22.7.